The molecule has 0 bridgehead atoms. The number of carbonyl (C=O) groups is 2. The monoisotopic (exact) mass is 577 g/mol. The number of hydrogen-bond acceptors (Lipinski definition) is 6. The Balaban J connectivity index is 1.59. The number of dihydropyridines is 1. The first-order chi connectivity index (χ1) is 18.8. The summed E-state index contributed by atoms with van der Waals surface area (Å²) in [6.45, 7) is 3.68. The first-order valence-electron chi connectivity index (χ1n) is 12.0. The number of nitrogens with zero attached hydrogens (tertiary/aromatic N) is 1. The molecule has 3 aromatic carbocycles. The van der Waals surface area contributed by atoms with Gasteiger partial charge in [-0.2, -0.15) is 5.26 Å². The van der Waals surface area contributed by atoms with Crippen LogP contribution in [0.1, 0.15) is 29.5 Å². The number of hydrogen-bond donors (Lipinski definition) is 2. The maximum atomic E-state index is 13.4. The number of carbonyl (C=O) groups excluding carboxylic acids is 2. The highest BCUT2D eigenvalue weighted by Crippen LogP contribution is 2.41. The van der Waals surface area contributed by atoms with Gasteiger partial charge in [0.15, 0.2) is 0 Å². The second-order valence-electron chi connectivity index (χ2n) is 8.81. The number of ether oxygens (including phenoxy) is 1. The normalized spacial score (nSPS) is 14.9. The number of allylic oxidation sites excluding steroid dienone is 2. The summed E-state index contributed by atoms with van der Waals surface area (Å²) >= 11 is 13.5. The van der Waals surface area contributed by atoms with Crippen molar-refractivity contribution < 1.29 is 14.3 Å². The molecular weight excluding hydrogens is 553 g/mol. The summed E-state index contributed by atoms with van der Waals surface area (Å²) in [5.74, 6) is -1.45. The molecule has 9 heteroatoms. The molecule has 1 aliphatic rings. The molecule has 0 aliphatic carbocycles. The Bertz CT molecular complexity index is 1500. The van der Waals surface area contributed by atoms with E-state index in [1.165, 1.54) is 11.8 Å². The van der Waals surface area contributed by atoms with Crippen LogP contribution in [0.15, 0.2) is 94.7 Å². The number of halogens is 2. The lowest BCUT2D eigenvalue weighted by Gasteiger charge is -2.29. The quantitative estimate of drug-likeness (QED) is 0.277. The van der Waals surface area contributed by atoms with E-state index in [1.54, 1.807) is 49.4 Å². The zero-order valence-corrected chi connectivity index (χ0v) is 23.6. The molecule has 0 radical (unpaired) electrons. The first-order valence-corrected chi connectivity index (χ1v) is 13.8. The molecule has 0 saturated heterocycles. The minimum Gasteiger partial charge on any atom is -0.457 e. The van der Waals surface area contributed by atoms with E-state index in [-0.39, 0.29) is 18.3 Å². The van der Waals surface area contributed by atoms with Crippen molar-refractivity contribution in [2.45, 2.75) is 26.4 Å². The molecule has 1 amide bonds. The number of rotatable bonds is 8. The lowest BCUT2D eigenvalue weighted by Crippen LogP contribution is -2.29. The van der Waals surface area contributed by atoms with Crippen LogP contribution in [0, 0.1) is 18.3 Å². The van der Waals surface area contributed by atoms with E-state index < -0.39 is 11.9 Å². The van der Waals surface area contributed by atoms with Crippen molar-refractivity contribution in [1.82, 2.24) is 5.32 Å². The maximum Gasteiger partial charge on any atom is 0.337 e. The lowest BCUT2D eigenvalue weighted by molar-refractivity contribution is -0.140. The minimum atomic E-state index is -0.697. The third-order valence-electron chi connectivity index (χ3n) is 6.17. The van der Waals surface area contributed by atoms with Crippen LogP contribution < -0.4 is 10.6 Å². The van der Waals surface area contributed by atoms with Crippen molar-refractivity contribution in [3.8, 4) is 6.07 Å². The van der Waals surface area contributed by atoms with Crippen LogP contribution in [0.2, 0.25) is 10.0 Å². The second kappa shape index (κ2) is 12.9. The number of esters is 1. The average Bonchev–Trinajstić information content (AvgIpc) is 2.93. The maximum absolute atomic E-state index is 13.4. The molecule has 0 aromatic heterocycles. The molecule has 6 nitrogen and oxygen atoms in total. The molecule has 0 spiro atoms. The minimum absolute atomic E-state index is 0.0356. The van der Waals surface area contributed by atoms with E-state index in [2.05, 4.69) is 16.7 Å². The van der Waals surface area contributed by atoms with Gasteiger partial charge in [0.05, 0.1) is 33.9 Å². The predicted molar refractivity (Wildman–Crippen MR) is 156 cm³/mol. The molecule has 1 aliphatic heterocycles. The third kappa shape index (κ3) is 6.85. The van der Waals surface area contributed by atoms with Gasteiger partial charge < -0.3 is 15.4 Å². The van der Waals surface area contributed by atoms with Crippen molar-refractivity contribution in [3.05, 3.63) is 121 Å². The summed E-state index contributed by atoms with van der Waals surface area (Å²) in [4.78, 5) is 26.1. The van der Waals surface area contributed by atoms with Crippen molar-refractivity contribution >= 4 is 52.5 Å². The Hall–Kier alpha value is -3.70. The molecule has 1 heterocycles. The Morgan fingerprint density at radius 1 is 1.03 bits per heavy atom. The number of amides is 1. The van der Waals surface area contributed by atoms with Gasteiger partial charge in [0.2, 0.25) is 5.91 Å². The number of anilines is 1. The van der Waals surface area contributed by atoms with Crippen LogP contribution >= 0.6 is 35.0 Å². The van der Waals surface area contributed by atoms with E-state index in [1.807, 2.05) is 37.3 Å². The van der Waals surface area contributed by atoms with Gasteiger partial charge in [-0.25, -0.2) is 4.79 Å². The molecule has 39 heavy (non-hydrogen) atoms. The summed E-state index contributed by atoms with van der Waals surface area (Å²) in [5.41, 5.74) is 4.13. The SMILES string of the molecule is CC1=C(C(=O)OCc2ccccc2)[C@@H](c2ccc(Cl)cc2)C(C#N)=C(SCC(=O)Nc2cccc(Cl)c2C)N1. The van der Waals surface area contributed by atoms with Gasteiger partial charge in [0.25, 0.3) is 0 Å². The average molecular weight is 579 g/mol. The summed E-state index contributed by atoms with van der Waals surface area (Å²) < 4.78 is 5.65. The summed E-state index contributed by atoms with van der Waals surface area (Å²) in [5, 5.41) is 17.9. The highest BCUT2D eigenvalue weighted by Gasteiger charge is 2.35. The molecule has 4 rings (SSSR count). The van der Waals surface area contributed by atoms with E-state index in [9.17, 15) is 14.9 Å². The Kier molecular flexibility index (Phi) is 9.36. The van der Waals surface area contributed by atoms with Gasteiger partial charge in [0.1, 0.15) is 6.61 Å². The van der Waals surface area contributed by atoms with Crippen LogP contribution in [0.25, 0.3) is 0 Å². The van der Waals surface area contributed by atoms with Crippen molar-refractivity contribution in [2.24, 2.45) is 0 Å². The Morgan fingerprint density at radius 3 is 2.44 bits per heavy atom. The molecule has 0 fully saturated rings. The predicted octanol–water partition coefficient (Wildman–Crippen LogP) is 7.11. The van der Waals surface area contributed by atoms with Gasteiger partial charge in [-0.3, -0.25) is 4.79 Å². The molecule has 198 valence electrons. The van der Waals surface area contributed by atoms with Gasteiger partial charge >= 0.3 is 5.97 Å². The van der Waals surface area contributed by atoms with Crippen molar-refractivity contribution in [2.75, 3.05) is 11.1 Å². The van der Waals surface area contributed by atoms with Gasteiger partial charge in [-0.15, -0.1) is 0 Å². The third-order valence-corrected chi connectivity index (χ3v) is 7.85. The summed E-state index contributed by atoms with van der Waals surface area (Å²) in [7, 11) is 0. The van der Waals surface area contributed by atoms with Crippen LogP contribution in [0.5, 0.6) is 0 Å². The van der Waals surface area contributed by atoms with Gasteiger partial charge in [-0.05, 0) is 54.8 Å². The van der Waals surface area contributed by atoms with Gasteiger partial charge in [-0.1, -0.05) is 83.5 Å². The fraction of sp³-hybridized carbons (Fsp3) is 0.167. The fourth-order valence-electron chi connectivity index (χ4n) is 4.15. The van der Waals surface area contributed by atoms with Crippen LogP contribution in [-0.4, -0.2) is 17.6 Å². The van der Waals surface area contributed by atoms with Crippen LogP contribution in [0.3, 0.4) is 0 Å². The number of nitrogens with one attached hydrogen (secondary N) is 2. The van der Waals surface area contributed by atoms with Crippen molar-refractivity contribution in [3.63, 3.8) is 0 Å². The smallest absolute Gasteiger partial charge is 0.337 e. The highest BCUT2D eigenvalue weighted by atomic mass is 35.5. The Labute approximate surface area is 241 Å². The van der Waals surface area contributed by atoms with E-state index >= 15 is 0 Å². The molecule has 3 aromatic rings. The van der Waals surface area contributed by atoms with Crippen LogP contribution in [-0.2, 0) is 20.9 Å². The lowest BCUT2D eigenvalue weighted by atomic mass is 9.82. The van der Waals surface area contributed by atoms with E-state index in [4.69, 9.17) is 27.9 Å². The first kappa shape index (κ1) is 28.3. The molecule has 1 atom stereocenters. The zero-order chi connectivity index (χ0) is 27.9. The van der Waals surface area contributed by atoms with Gasteiger partial charge in [0, 0.05) is 21.4 Å². The topological polar surface area (TPSA) is 91.2 Å². The molecular formula is C30H25Cl2N3O3S. The second-order valence-corrected chi connectivity index (χ2v) is 10.6. The van der Waals surface area contributed by atoms with E-state index in [0.717, 1.165) is 11.1 Å². The highest BCUT2D eigenvalue weighted by molar-refractivity contribution is 8.03. The van der Waals surface area contributed by atoms with Crippen molar-refractivity contribution in [1.29, 1.82) is 5.26 Å². The summed E-state index contributed by atoms with van der Waals surface area (Å²) in [6, 6.07) is 23.9. The molecule has 2 N–H and O–H groups in total. The number of thioether (sulfide) groups is 1. The standard InChI is InChI=1S/C30H25Cl2N3O3S/c1-18-24(32)9-6-10-25(18)35-26(36)17-39-29-23(15-33)28(21-11-13-22(31)14-12-21)27(19(2)34-29)30(37)38-16-20-7-4-3-5-8-20/h3-14,28,34H,16-17H2,1-2H3,(H,35,36)/t28-/m0/s1. The summed E-state index contributed by atoms with van der Waals surface area (Å²) in [6.07, 6.45) is 0. The van der Waals surface area contributed by atoms with E-state index in [0.29, 0.717) is 43.2 Å². The van der Waals surface area contributed by atoms with Crippen LogP contribution in [0.4, 0.5) is 5.69 Å². The Morgan fingerprint density at radius 2 is 1.74 bits per heavy atom. The largest absolute Gasteiger partial charge is 0.457 e. The number of nitriles is 1. The zero-order valence-electron chi connectivity index (χ0n) is 21.3. The molecule has 0 saturated carbocycles. The number of benzene rings is 3. The molecule has 0 unspecified atom stereocenters. The fourth-order valence-corrected chi connectivity index (χ4v) is 5.35.